The van der Waals surface area contributed by atoms with E-state index >= 15 is 0 Å². The molecule has 270 valence electrons. The van der Waals surface area contributed by atoms with E-state index in [0.29, 0.717) is 0 Å². The average molecular weight is 731 g/mol. The molecule has 1 aliphatic heterocycles. The standard InChI is InChI=1S/C52H46N2S/c1-6-9-26-46-45-27-16-18-29-50(45)55-51-30-19-17-28-47(51)52(46)54(38(5)37(4)39(20-7-2)21-8-3)44-33-31-42(32-34-44)49-36-43(40-22-12-10-13-23-40)35-48(53-49)41-24-14-11-15-25-41/h6-10,12-14,16-25,27-36H,2,4-5,11,15,26H2,1,3H3/b9-6-,21-8-,39-20+. The zero-order valence-electron chi connectivity index (χ0n) is 31.7. The molecule has 0 atom stereocenters. The summed E-state index contributed by atoms with van der Waals surface area (Å²) in [5, 5.41) is 0. The van der Waals surface area contributed by atoms with Gasteiger partial charge in [-0.15, -0.1) is 0 Å². The number of allylic oxidation sites excluding steroid dienone is 12. The van der Waals surface area contributed by atoms with E-state index in [1.54, 1.807) is 0 Å². The predicted molar refractivity (Wildman–Crippen MR) is 239 cm³/mol. The number of anilines is 1. The Balaban J connectivity index is 1.43. The lowest BCUT2D eigenvalue weighted by atomic mass is 9.93. The van der Waals surface area contributed by atoms with Gasteiger partial charge >= 0.3 is 0 Å². The molecular formula is C52H46N2S. The summed E-state index contributed by atoms with van der Waals surface area (Å²) in [6.45, 7) is 17.5. The molecule has 0 amide bonds. The normalized spacial score (nSPS) is 14.0. The fourth-order valence-electron chi connectivity index (χ4n) is 7.16. The number of nitrogens with zero attached hydrogens (tertiary/aromatic N) is 2. The van der Waals surface area contributed by atoms with Gasteiger partial charge in [0.25, 0.3) is 0 Å². The van der Waals surface area contributed by atoms with Crippen molar-refractivity contribution in [2.75, 3.05) is 4.90 Å². The van der Waals surface area contributed by atoms with E-state index < -0.39 is 0 Å². The van der Waals surface area contributed by atoms with Crippen LogP contribution in [0.1, 0.15) is 49.9 Å². The van der Waals surface area contributed by atoms with Gasteiger partial charge in [-0.2, -0.15) is 0 Å². The molecule has 0 bridgehead atoms. The Morgan fingerprint density at radius 2 is 1.44 bits per heavy atom. The molecule has 5 aromatic rings. The van der Waals surface area contributed by atoms with Crippen molar-refractivity contribution >= 4 is 34.3 Å². The fraction of sp³-hybridized carbons (Fsp3) is 0.0962. The van der Waals surface area contributed by atoms with Crippen LogP contribution in [0, 0.1) is 0 Å². The van der Waals surface area contributed by atoms with Crippen LogP contribution < -0.4 is 4.90 Å². The summed E-state index contributed by atoms with van der Waals surface area (Å²) in [6, 6.07) is 41.2. The Morgan fingerprint density at radius 1 is 0.745 bits per heavy atom. The third kappa shape index (κ3) is 8.04. The molecule has 2 nitrogen and oxygen atoms in total. The van der Waals surface area contributed by atoms with E-state index in [-0.39, 0.29) is 0 Å². The highest BCUT2D eigenvalue weighted by atomic mass is 32.2. The van der Waals surface area contributed by atoms with E-state index in [2.05, 4.69) is 177 Å². The molecule has 0 saturated carbocycles. The van der Waals surface area contributed by atoms with Gasteiger partial charge in [-0.05, 0) is 108 Å². The zero-order valence-corrected chi connectivity index (χ0v) is 32.5. The molecule has 0 unspecified atom stereocenters. The van der Waals surface area contributed by atoms with Crippen LogP contribution in [-0.2, 0) is 0 Å². The maximum absolute atomic E-state index is 5.25. The summed E-state index contributed by atoms with van der Waals surface area (Å²) in [7, 11) is 0. The number of rotatable bonds is 12. The van der Waals surface area contributed by atoms with Gasteiger partial charge in [0.15, 0.2) is 0 Å². The molecule has 0 fully saturated rings. The van der Waals surface area contributed by atoms with Gasteiger partial charge in [0, 0.05) is 32.3 Å². The van der Waals surface area contributed by atoms with E-state index in [0.717, 1.165) is 81.1 Å². The maximum Gasteiger partial charge on any atom is 0.0715 e. The van der Waals surface area contributed by atoms with Gasteiger partial charge < -0.3 is 4.90 Å². The average Bonchev–Trinajstić information content (AvgIpc) is 3.37. The number of fused-ring (bicyclic) bond motifs is 2. The molecule has 0 radical (unpaired) electrons. The first-order valence-corrected chi connectivity index (χ1v) is 19.7. The highest BCUT2D eigenvalue weighted by Crippen LogP contribution is 2.49. The molecule has 2 aliphatic rings. The van der Waals surface area contributed by atoms with Crippen LogP contribution in [0.3, 0.4) is 0 Å². The van der Waals surface area contributed by atoms with Crippen molar-refractivity contribution in [2.24, 2.45) is 0 Å². The van der Waals surface area contributed by atoms with Crippen LogP contribution in [-0.4, -0.2) is 4.98 Å². The van der Waals surface area contributed by atoms with Crippen molar-refractivity contribution in [2.45, 2.75) is 42.9 Å². The van der Waals surface area contributed by atoms with Crippen molar-refractivity contribution in [3.05, 3.63) is 223 Å². The monoisotopic (exact) mass is 730 g/mol. The Hall–Kier alpha value is -6.16. The lowest BCUT2D eigenvalue weighted by molar-refractivity contribution is 1.04. The molecule has 1 aromatic heterocycles. The number of hydrogen-bond acceptors (Lipinski definition) is 3. The van der Waals surface area contributed by atoms with Gasteiger partial charge in [-0.25, -0.2) is 4.98 Å². The highest BCUT2D eigenvalue weighted by molar-refractivity contribution is 7.99. The molecule has 0 saturated heterocycles. The number of aromatic nitrogens is 1. The Labute approximate surface area is 331 Å². The van der Waals surface area contributed by atoms with Gasteiger partial charge in [-0.3, -0.25) is 0 Å². The van der Waals surface area contributed by atoms with Crippen molar-refractivity contribution in [3.8, 4) is 22.4 Å². The summed E-state index contributed by atoms with van der Waals surface area (Å²) < 4.78 is 0. The van der Waals surface area contributed by atoms with E-state index in [1.165, 1.54) is 26.5 Å². The quantitative estimate of drug-likeness (QED) is 0.0939. The minimum Gasteiger partial charge on any atom is -0.310 e. The lowest BCUT2D eigenvalue weighted by Crippen LogP contribution is -2.23. The predicted octanol–water partition coefficient (Wildman–Crippen LogP) is 14.7. The first-order valence-electron chi connectivity index (χ1n) is 18.9. The minimum atomic E-state index is 0.750. The van der Waals surface area contributed by atoms with Crippen molar-refractivity contribution in [3.63, 3.8) is 0 Å². The smallest absolute Gasteiger partial charge is 0.0715 e. The summed E-state index contributed by atoms with van der Waals surface area (Å²) in [6.07, 6.45) is 21.8. The zero-order chi connectivity index (χ0) is 38.1. The van der Waals surface area contributed by atoms with Crippen LogP contribution in [0.25, 0.3) is 39.2 Å². The Morgan fingerprint density at radius 3 is 2.13 bits per heavy atom. The molecule has 2 heterocycles. The van der Waals surface area contributed by atoms with E-state index in [4.69, 9.17) is 11.6 Å². The summed E-state index contributed by atoms with van der Waals surface area (Å²) in [5.41, 5.74) is 14.7. The minimum absolute atomic E-state index is 0.750. The Kier molecular flexibility index (Phi) is 11.7. The lowest BCUT2D eigenvalue weighted by Gasteiger charge is -2.33. The van der Waals surface area contributed by atoms with Gasteiger partial charge in [0.05, 0.1) is 17.1 Å². The van der Waals surface area contributed by atoms with Crippen LogP contribution >= 0.6 is 11.8 Å². The molecule has 4 aromatic carbocycles. The molecule has 0 N–H and O–H groups in total. The van der Waals surface area contributed by atoms with Gasteiger partial charge in [-0.1, -0.05) is 165 Å². The van der Waals surface area contributed by atoms with Crippen molar-refractivity contribution in [1.82, 2.24) is 4.98 Å². The van der Waals surface area contributed by atoms with E-state index in [1.807, 2.05) is 36.9 Å². The second kappa shape index (κ2) is 17.3. The number of benzene rings is 4. The summed E-state index contributed by atoms with van der Waals surface area (Å²) in [4.78, 5) is 9.98. The summed E-state index contributed by atoms with van der Waals surface area (Å²) in [5.74, 6) is 0. The third-order valence-electron chi connectivity index (χ3n) is 9.90. The third-order valence-corrected chi connectivity index (χ3v) is 11.0. The molecule has 0 spiro atoms. The highest BCUT2D eigenvalue weighted by Gasteiger charge is 2.29. The SMILES string of the molecule is C=C/C=C(\C=C/C)C(=C)C(=C)N(C1=C(C/C=C\C)c2ccccc2Sc2ccccc21)c1ccc(-c2cc(-c3ccccc3)cc(C3=CCCC=C3)n2)cc1. The summed E-state index contributed by atoms with van der Waals surface area (Å²) >= 11 is 1.81. The van der Waals surface area contributed by atoms with Crippen molar-refractivity contribution in [1.29, 1.82) is 0 Å². The fourth-order valence-corrected chi connectivity index (χ4v) is 8.26. The number of pyridine rings is 1. The molecule has 55 heavy (non-hydrogen) atoms. The van der Waals surface area contributed by atoms with Crippen LogP contribution in [0.5, 0.6) is 0 Å². The van der Waals surface area contributed by atoms with Crippen LogP contribution in [0.15, 0.2) is 216 Å². The first-order chi connectivity index (χ1) is 27.0. The number of hydrogen-bond donors (Lipinski definition) is 0. The largest absolute Gasteiger partial charge is 0.310 e. The van der Waals surface area contributed by atoms with Crippen LogP contribution in [0.2, 0.25) is 0 Å². The Bertz CT molecular complexity index is 2430. The van der Waals surface area contributed by atoms with Gasteiger partial charge in [0.1, 0.15) is 0 Å². The first kappa shape index (κ1) is 37.2. The van der Waals surface area contributed by atoms with Gasteiger partial charge in [0.2, 0.25) is 0 Å². The topological polar surface area (TPSA) is 16.1 Å². The van der Waals surface area contributed by atoms with Crippen molar-refractivity contribution < 1.29 is 0 Å². The molecule has 1 aliphatic carbocycles. The second-order valence-electron chi connectivity index (χ2n) is 13.5. The molecule has 3 heteroatoms. The second-order valence-corrected chi connectivity index (χ2v) is 14.6. The van der Waals surface area contributed by atoms with Crippen LogP contribution in [0.4, 0.5) is 5.69 Å². The maximum atomic E-state index is 5.25. The van der Waals surface area contributed by atoms with E-state index in [9.17, 15) is 0 Å². The molecule has 7 rings (SSSR count). The molecular weight excluding hydrogens is 685 g/mol.